The van der Waals surface area contributed by atoms with E-state index in [-0.39, 0.29) is 5.75 Å². The van der Waals surface area contributed by atoms with Crippen molar-refractivity contribution in [3.05, 3.63) is 24.3 Å². The summed E-state index contributed by atoms with van der Waals surface area (Å²) in [5.41, 5.74) is 11.9. The minimum atomic E-state index is -3.25. The molecule has 0 fully saturated rings. The van der Waals surface area contributed by atoms with Crippen molar-refractivity contribution in [2.24, 2.45) is 11.5 Å². The fourth-order valence-corrected chi connectivity index (χ4v) is 3.58. The Morgan fingerprint density at radius 3 is 2.21 bits per heavy atom. The molecule has 0 saturated carbocycles. The number of sulfone groups is 1. The van der Waals surface area contributed by atoms with Gasteiger partial charge in [-0.2, -0.15) is 0 Å². The van der Waals surface area contributed by atoms with Crippen molar-refractivity contribution in [1.29, 1.82) is 0 Å². The molecule has 0 heterocycles. The van der Waals surface area contributed by atoms with E-state index >= 15 is 0 Å². The van der Waals surface area contributed by atoms with E-state index in [1.807, 2.05) is 24.0 Å². The van der Waals surface area contributed by atoms with Gasteiger partial charge in [0.15, 0.2) is 9.84 Å². The van der Waals surface area contributed by atoms with Crippen molar-refractivity contribution in [1.82, 2.24) is 0 Å². The number of hydrogen-bond donors (Lipinski definition) is 2. The Kier molecular flexibility index (Phi) is 6.27. The van der Waals surface area contributed by atoms with Crippen LogP contribution in [-0.4, -0.2) is 40.3 Å². The number of rotatable bonds is 8. The third-order valence-electron chi connectivity index (χ3n) is 2.81. The van der Waals surface area contributed by atoms with Gasteiger partial charge < -0.3 is 16.4 Å². The predicted octanol–water partition coefficient (Wildman–Crippen LogP) is 0.594. The molecule has 19 heavy (non-hydrogen) atoms. The van der Waals surface area contributed by atoms with Crippen LogP contribution in [0.3, 0.4) is 0 Å². The van der Waals surface area contributed by atoms with E-state index in [4.69, 9.17) is 11.5 Å². The van der Waals surface area contributed by atoms with Gasteiger partial charge in [-0.25, -0.2) is 8.42 Å². The second kappa shape index (κ2) is 7.47. The minimum Gasteiger partial charge on any atom is -0.368 e. The van der Waals surface area contributed by atoms with Crippen LogP contribution in [0.2, 0.25) is 0 Å². The van der Waals surface area contributed by atoms with E-state index in [0.29, 0.717) is 43.2 Å². The molecule has 0 radical (unpaired) electrons. The average molecular weight is 285 g/mol. The van der Waals surface area contributed by atoms with Crippen LogP contribution >= 0.6 is 0 Å². The Morgan fingerprint density at radius 2 is 1.68 bits per heavy atom. The fraction of sp³-hybridized carbons (Fsp3) is 0.538. The molecule has 0 aromatic heterocycles. The molecule has 0 amide bonds. The zero-order valence-electron chi connectivity index (χ0n) is 11.4. The van der Waals surface area contributed by atoms with E-state index < -0.39 is 9.84 Å². The van der Waals surface area contributed by atoms with Crippen LogP contribution in [0.5, 0.6) is 0 Å². The molecule has 1 rings (SSSR count). The summed E-state index contributed by atoms with van der Waals surface area (Å²) < 4.78 is 24.6. The van der Waals surface area contributed by atoms with Crippen LogP contribution in [-0.2, 0) is 9.84 Å². The number of benzene rings is 1. The van der Waals surface area contributed by atoms with Crippen molar-refractivity contribution in [2.75, 3.05) is 36.8 Å². The van der Waals surface area contributed by atoms with E-state index in [9.17, 15) is 8.42 Å². The molecule has 0 aliphatic carbocycles. The first kappa shape index (κ1) is 15.9. The van der Waals surface area contributed by atoms with E-state index in [1.54, 1.807) is 12.1 Å². The number of para-hydroxylation sites is 1. The standard InChI is InChI=1S/C13H23N3O2S/c1-2-11-19(17,18)13-6-4-3-5-12(13)16(9-7-14)10-8-15/h3-6H,2,7-11,14-15H2,1H3. The summed E-state index contributed by atoms with van der Waals surface area (Å²) >= 11 is 0. The molecule has 4 N–H and O–H groups in total. The SMILES string of the molecule is CCCS(=O)(=O)c1ccccc1N(CCN)CCN. The van der Waals surface area contributed by atoms with Gasteiger partial charge in [0.2, 0.25) is 0 Å². The van der Waals surface area contributed by atoms with Gasteiger partial charge in [-0.1, -0.05) is 19.1 Å². The average Bonchev–Trinajstić information content (AvgIpc) is 2.38. The van der Waals surface area contributed by atoms with Gasteiger partial charge in [0.05, 0.1) is 16.3 Å². The summed E-state index contributed by atoms with van der Waals surface area (Å²) in [4.78, 5) is 2.31. The van der Waals surface area contributed by atoms with Gasteiger partial charge in [-0.15, -0.1) is 0 Å². The van der Waals surface area contributed by atoms with Gasteiger partial charge in [0.1, 0.15) is 0 Å². The van der Waals surface area contributed by atoms with Crippen LogP contribution < -0.4 is 16.4 Å². The molecule has 1 aromatic carbocycles. The summed E-state index contributed by atoms with van der Waals surface area (Å²) in [6.45, 7) is 3.97. The monoisotopic (exact) mass is 285 g/mol. The molecule has 108 valence electrons. The Bertz CT molecular complexity index is 482. The van der Waals surface area contributed by atoms with Crippen molar-refractivity contribution in [3.63, 3.8) is 0 Å². The molecular weight excluding hydrogens is 262 g/mol. The quantitative estimate of drug-likeness (QED) is 0.730. The van der Waals surface area contributed by atoms with Crippen molar-refractivity contribution in [2.45, 2.75) is 18.2 Å². The normalized spacial score (nSPS) is 11.5. The smallest absolute Gasteiger partial charge is 0.180 e. The lowest BCUT2D eigenvalue weighted by molar-refractivity contribution is 0.594. The Hall–Kier alpha value is -1.11. The lowest BCUT2D eigenvalue weighted by Crippen LogP contribution is -2.34. The second-order valence-corrected chi connectivity index (χ2v) is 6.43. The summed E-state index contributed by atoms with van der Waals surface area (Å²) in [6.07, 6.45) is 0.602. The molecule has 0 aliphatic rings. The first-order valence-corrected chi connectivity index (χ1v) is 8.19. The Labute approximate surface area is 115 Å². The summed E-state index contributed by atoms with van der Waals surface area (Å²) in [6, 6.07) is 7.05. The molecule has 0 atom stereocenters. The zero-order valence-corrected chi connectivity index (χ0v) is 12.2. The molecule has 1 aromatic rings. The molecule has 0 bridgehead atoms. The van der Waals surface area contributed by atoms with Crippen molar-refractivity contribution < 1.29 is 8.42 Å². The summed E-state index contributed by atoms with van der Waals surface area (Å²) in [5.74, 6) is 0.156. The number of hydrogen-bond acceptors (Lipinski definition) is 5. The van der Waals surface area contributed by atoms with E-state index in [2.05, 4.69) is 0 Å². The van der Waals surface area contributed by atoms with Crippen LogP contribution in [0.15, 0.2) is 29.2 Å². The number of nitrogens with two attached hydrogens (primary N) is 2. The second-order valence-electron chi connectivity index (χ2n) is 4.35. The maximum atomic E-state index is 12.3. The highest BCUT2D eigenvalue weighted by Crippen LogP contribution is 2.26. The van der Waals surface area contributed by atoms with Gasteiger partial charge in [-0.3, -0.25) is 0 Å². The van der Waals surface area contributed by atoms with Crippen LogP contribution in [0.4, 0.5) is 5.69 Å². The summed E-state index contributed by atoms with van der Waals surface area (Å²) in [7, 11) is -3.25. The third kappa shape index (κ3) is 4.19. The zero-order chi connectivity index (χ0) is 14.3. The molecule has 0 saturated heterocycles. The molecule has 0 unspecified atom stereocenters. The lowest BCUT2D eigenvalue weighted by atomic mass is 10.3. The maximum absolute atomic E-state index is 12.3. The predicted molar refractivity (Wildman–Crippen MR) is 79.1 cm³/mol. The van der Waals surface area contributed by atoms with Crippen LogP contribution in [0, 0.1) is 0 Å². The number of anilines is 1. The highest BCUT2D eigenvalue weighted by atomic mass is 32.2. The topological polar surface area (TPSA) is 89.4 Å². The van der Waals surface area contributed by atoms with E-state index in [0.717, 1.165) is 0 Å². The number of nitrogens with zero attached hydrogens (tertiary/aromatic N) is 1. The lowest BCUT2D eigenvalue weighted by Gasteiger charge is -2.25. The largest absolute Gasteiger partial charge is 0.368 e. The van der Waals surface area contributed by atoms with Crippen molar-refractivity contribution >= 4 is 15.5 Å². The Balaban J connectivity index is 3.20. The minimum absolute atomic E-state index is 0.156. The molecule has 0 spiro atoms. The van der Waals surface area contributed by atoms with E-state index in [1.165, 1.54) is 0 Å². The summed E-state index contributed by atoms with van der Waals surface area (Å²) in [5, 5.41) is 0. The maximum Gasteiger partial charge on any atom is 0.180 e. The first-order chi connectivity index (χ1) is 9.06. The van der Waals surface area contributed by atoms with Crippen LogP contribution in [0.1, 0.15) is 13.3 Å². The molecular formula is C13H23N3O2S. The first-order valence-electron chi connectivity index (χ1n) is 6.53. The van der Waals surface area contributed by atoms with Gasteiger partial charge in [0, 0.05) is 26.2 Å². The molecule has 6 heteroatoms. The third-order valence-corrected chi connectivity index (χ3v) is 4.77. The van der Waals surface area contributed by atoms with Crippen molar-refractivity contribution in [3.8, 4) is 0 Å². The highest BCUT2D eigenvalue weighted by Gasteiger charge is 2.20. The highest BCUT2D eigenvalue weighted by molar-refractivity contribution is 7.91. The molecule has 5 nitrogen and oxygen atoms in total. The van der Waals surface area contributed by atoms with Gasteiger partial charge in [0.25, 0.3) is 0 Å². The fourth-order valence-electron chi connectivity index (χ4n) is 2.02. The van der Waals surface area contributed by atoms with Gasteiger partial charge in [-0.05, 0) is 18.6 Å². The Morgan fingerprint density at radius 1 is 1.11 bits per heavy atom. The van der Waals surface area contributed by atoms with Crippen LogP contribution in [0.25, 0.3) is 0 Å². The van der Waals surface area contributed by atoms with Gasteiger partial charge >= 0.3 is 0 Å². The molecule has 0 aliphatic heterocycles.